The molecule has 0 fully saturated rings. The SMILES string of the molecule is C=Cn1cc(CNc2ccc3sccc3c2)cn1. The van der Waals surface area contributed by atoms with Crippen molar-refractivity contribution in [3.8, 4) is 0 Å². The van der Waals surface area contributed by atoms with E-state index in [1.54, 1.807) is 22.2 Å². The summed E-state index contributed by atoms with van der Waals surface area (Å²) in [5, 5.41) is 10.9. The largest absolute Gasteiger partial charge is 0.381 e. The second-order valence-electron chi connectivity index (χ2n) is 4.04. The molecule has 0 amide bonds. The minimum atomic E-state index is 0.767. The Kier molecular flexibility index (Phi) is 2.86. The van der Waals surface area contributed by atoms with Crippen LogP contribution in [-0.4, -0.2) is 9.78 Å². The Morgan fingerprint density at radius 2 is 2.33 bits per heavy atom. The Morgan fingerprint density at radius 3 is 3.17 bits per heavy atom. The minimum absolute atomic E-state index is 0.767. The third-order valence-electron chi connectivity index (χ3n) is 2.79. The third kappa shape index (κ3) is 2.15. The van der Waals surface area contributed by atoms with Crippen LogP contribution in [0.1, 0.15) is 5.56 Å². The zero-order chi connectivity index (χ0) is 12.4. The highest BCUT2D eigenvalue weighted by Gasteiger charge is 1.99. The van der Waals surface area contributed by atoms with Gasteiger partial charge in [0.05, 0.1) is 6.20 Å². The normalized spacial score (nSPS) is 10.7. The van der Waals surface area contributed by atoms with Crippen molar-refractivity contribution >= 4 is 33.3 Å². The molecule has 4 heteroatoms. The first kappa shape index (κ1) is 11.0. The molecule has 0 radical (unpaired) electrons. The Balaban J connectivity index is 1.73. The first-order valence-electron chi connectivity index (χ1n) is 5.72. The maximum Gasteiger partial charge on any atom is 0.0543 e. The van der Waals surface area contributed by atoms with Gasteiger partial charge in [-0.05, 0) is 35.0 Å². The van der Waals surface area contributed by atoms with E-state index >= 15 is 0 Å². The smallest absolute Gasteiger partial charge is 0.0543 e. The second-order valence-corrected chi connectivity index (χ2v) is 4.99. The summed E-state index contributed by atoms with van der Waals surface area (Å²) in [5.74, 6) is 0. The van der Waals surface area contributed by atoms with Crippen LogP contribution in [0.25, 0.3) is 16.3 Å². The van der Waals surface area contributed by atoms with Crippen LogP contribution >= 0.6 is 11.3 Å². The van der Waals surface area contributed by atoms with Gasteiger partial charge >= 0.3 is 0 Å². The number of benzene rings is 1. The Hall–Kier alpha value is -2.07. The summed E-state index contributed by atoms with van der Waals surface area (Å²) in [6.45, 7) is 4.44. The number of aromatic nitrogens is 2. The van der Waals surface area contributed by atoms with Crippen LogP contribution in [0, 0.1) is 0 Å². The molecule has 0 aliphatic heterocycles. The molecule has 3 rings (SSSR count). The van der Waals surface area contributed by atoms with E-state index in [1.807, 2.05) is 12.4 Å². The van der Waals surface area contributed by atoms with Gasteiger partial charge in [0, 0.05) is 34.9 Å². The van der Waals surface area contributed by atoms with Crippen molar-refractivity contribution in [2.45, 2.75) is 6.54 Å². The van der Waals surface area contributed by atoms with Crippen molar-refractivity contribution in [3.63, 3.8) is 0 Å². The number of fused-ring (bicyclic) bond motifs is 1. The molecule has 0 saturated heterocycles. The van der Waals surface area contributed by atoms with Gasteiger partial charge in [-0.15, -0.1) is 11.3 Å². The van der Waals surface area contributed by atoms with E-state index in [1.165, 1.54) is 10.1 Å². The second kappa shape index (κ2) is 4.66. The van der Waals surface area contributed by atoms with Gasteiger partial charge in [0.1, 0.15) is 0 Å². The fraction of sp³-hybridized carbons (Fsp3) is 0.0714. The lowest BCUT2D eigenvalue weighted by atomic mass is 10.2. The van der Waals surface area contributed by atoms with Crippen LogP contribution in [0.15, 0.2) is 48.6 Å². The number of hydrogen-bond donors (Lipinski definition) is 1. The van der Waals surface area contributed by atoms with Crippen molar-refractivity contribution in [1.29, 1.82) is 0 Å². The van der Waals surface area contributed by atoms with E-state index in [-0.39, 0.29) is 0 Å². The molecule has 0 aliphatic rings. The van der Waals surface area contributed by atoms with Gasteiger partial charge in [0.25, 0.3) is 0 Å². The van der Waals surface area contributed by atoms with E-state index in [2.05, 4.69) is 46.6 Å². The molecule has 0 saturated carbocycles. The van der Waals surface area contributed by atoms with Gasteiger partial charge in [-0.3, -0.25) is 0 Å². The summed E-state index contributed by atoms with van der Waals surface area (Å²) in [6.07, 6.45) is 5.49. The lowest BCUT2D eigenvalue weighted by Crippen LogP contribution is -1.97. The number of hydrogen-bond acceptors (Lipinski definition) is 3. The van der Waals surface area contributed by atoms with Gasteiger partial charge in [-0.2, -0.15) is 5.10 Å². The summed E-state index contributed by atoms with van der Waals surface area (Å²) in [4.78, 5) is 0. The highest BCUT2D eigenvalue weighted by atomic mass is 32.1. The zero-order valence-corrected chi connectivity index (χ0v) is 10.7. The molecule has 18 heavy (non-hydrogen) atoms. The highest BCUT2D eigenvalue weighted by Crippen LogP contribution is 2.24. The summed E-state index contributed by atoms with van der Waals surface area (Å²) >= 11 is 1.76. The van der Waals surface area contributed by atoms with E-state index in [4.69, 9.17) is 0 Å². The van der Waals surface area contributed by atoms with Crippen LogP contribution in [0.2, 0.25) is 0 Å². The molecule has 1 aromatic carbocycles. The summed E-state index contributed by atoms with van der Waals surface area (Å²) in [6, 6.07) is 8.57. The predicted molar refractivity (Wildman–Crippen MR) is 77.8 cm³/mol. The minimum Gasteiger partial charge on any atom is -0.381 e. The average molecular weight is 255 g/mol. The number of thiophene rings is 1. The lowest BCUT2D eigenvalue weighted by Gasteiger charge is -2.04. The molecular weight excluding hydrogens is 242 g/mol. The molecular formula is C14H13N3S. The van der Waals surface area contributed by atoms with Gasteiger partial charge in [-0.1, -0.05) is 6.58 Å². The van der Waals surface area contributed by atoms with E-state index in [9.17, 15) is 0 Å². The topological polar surface area (TPSA) is 29.9 Å². The van der Waals surface area contributed by atoms with Crippen molar-refractivity contribution in [2.24, 2.45) is 0 Å². The van der Waals surface area contributed by atoms with Gasteiger partial charge in [-0.25, -0.2) is 4.68 Å². The van der Waals surface area contributed by atoms with E-state index in [0.717, 1.165) is 17.8 Å². The molecule has 1 N–H and O–H groups in total. The van der Waals surface area contributed by atoms with Crippen molar-refractivity contribution < 1.29 is 0 Å². The molecule has 3 nitrogen and oxygen atoms in total. The quantitative estimate of drug-likeness (QED) is 0.768. The van der Waals surface area contributed by atoms with E-state index in [0.29, 0.717) is 0 Å². The molecule has 0 unspecified atom stereocenters. The summed E-state index contributed by atoms with van der Waals surface area (Å²) in [7, 11) is 0. The number of nitrogens with one attached hydrogen (secondary N) is 1. The first-order chi connectivity index (χ1) is 8.85. The molecule has 2 heterocycles. The Morgan fingerprint density at radius 1 is 1.39 bits per heavy atom. The van der Waals surface area contributed by atoms with Gasteiger partial charge in [0.2, 0.25) is 0 Å². The molecule has 3 aromatic rings. The van der Waals surface area contributed by atoms with Crippen LogP contribution in [0.5, 0.6) is 0 Å². The molecule has 2 aromatic heterocycles. The third-order valence-corrected chi connectivity index (χ3v) is 3.69. The average Bonchev–Trinajstić information content (AvgIpc) is 3.04. The molecule has 0 spiro atoms. The van der Waals surface area contributed by atoms with Crippen LogP contribution < -0.4 is 5.32 Å². The summed E-state index contributed by atoms with van der Waals surface area (Å²) in [5.41, 5.74) is 2.27. The van der Waals surface area contributed by atoms with Crippen molar-refractivity contribution in [3.05, 3.63) is 54.2 Å². The predicted octanol–water partition coefficient (Wildman–Crippen LogP) is 3.81. The monoisotopic (exact) mass is 255 g/mol. The number of anilines is 1. The van der Waals surface area contributed by atoms with Gasteiger partial charge in [0.15, 0.2) is 0 Å². The molecule has 90 valence electrons. The molecule has 0 bridgehead atoms. The first-order valence-corrected chi connectivity index (χ1v) is 6.60. The number of nitrogens with zero attached hydrogens (tertiary/aromatic N) is 2. The fourth-order valence-electron chi connectivity index (χ4n) is 1.85. The maximum atomic E-state index is 4.15. The van der Waals surface area contributed by atoms with Gasteiger partial charge < -0.3 is 5.32 Å². The molecule has 0 aliphatic carbocycles. The standard InChI is InChI=1S/C14H13N3S/c1-2-17-10-11(9-16-17)8-15-13-3-4-14-12(7-13)5-6-18-14/h2-7,9-10,15H,1,8H2. The summed E-state index contributed by atoms with van der Waals surface area (Å²) < 4.78 is 3.03. The highest BCUT2D eigenvalue weighted by molar-refractivity contribution is 7.17. The van der Waals surface area contributed by atoms with Crippen LogP contribution in [0.4, 0.5) is 5.69 Å². The maximum absolute atomic E-state index is 4.15. The lowest BCUT2D eigenvalue weighted by molar-refractivity contribution is 0.936. The Bertz CT molecular complexity index is 681. The van der Waals surface area contributed by atoms with Crippen molar-refractivity contribution in [1.82, 2.24) is 9.78 Å². The van der Waals surface area contributed by atoms with Crippen LogP contribution in [0.3, 0.4) is 0 Å². The van der Waals surface area contributed by atoms with Crippen molar-refractivity contribution in [2.75, 3.05) is 5.32 Å². The molecule has 0 atom stereocenters. The van der Waals surface area contributed by atoms with E-state index < -0.39 is 0 Å². The number of rotatable bonds is 4. The Labute approximate surface area is 109 Å². The fourth-order valence-corrected chi connectivity index (χ4v) is 2.62. The van der Waals surface area contributed by atoms with Crippen LogP contribution in [-0.2, 0) is 6.54 Å². The zero-order valence-electron chi connectivity index (χ0n) is 9.84.